The molecule has 0 atom stereocenters. The van der Waals surface area contributed by atoms with Crippen molar-refractivity contribution in [2.75, 3.05) is 45.0 Å². The molecule has 0 aromatic heterocycles. The fourth-order valence-corrected chi connectivity index (χ4v) is 3.72. The lowest BCUT2D eigenvalue weighted by molar-refractivity contribution is -0.126. The number of carbonyl (C=O) groups is 2. The number of carbonyl (C=O) groups excluding carboxylic acids is 2. The minimum Gasteiger partial charge on any atom is -0.497 e. The summed E-state index contributed by atoms with van der Waals surface area (Å²) in [5.74, 6) is 1.30. The molecule has 2 aliphatic rings. The maximum absolute atomic E-state index is 13.0. The van der Waals surface area contributed by atoms with Gasteiger partial charge < -0.3 is 14.4 Å². The zero-order chi connectivity index (χ0) is 22.5. The highest BCUT2D eigenvalue weighted by Gasteiger charge is 2.30. The van der Waals surface area contributed by atoms with E-state index in [0.29, 0.717) is 55.8 Å². The lowest BCUT2D eigenvalue weighted by Crippen LogP contribution is -2.52. The van der Waals surface area contributed by atoms with Crippen molar-refractivity contribution >= 4 is 34.8 Å². The van der Waals surface area contributed by atoms with Crippen molar-refractivity contribution in [1.29, 1.82) is 0 Å². The van der Waals surface area contributed by atoms with Crippen molar-refractivity contribution in [2.45, 2.75) is 12.8 Å². The summed E-state index contributed by atoms with van der Waals surface area (Å²) in [6, 6.07) is 14.3. The topological polar surface area (TPSA) is 74.7 Å². The normalized spacial score (nSPS) is 17.2. The molecule has 2 heterocycles. The van der Waals surface area contributed by atoms with E-state index in [2.05, 4.69) is 10.0 Å². The van der Waals surface area contributed by atoms with Crippen molar-refractivity contribution in [3.8, 4) is 11.5 Å². The van der Waals surface area contributed by atoms with Crippen LogP contribution >= 0.6 is 11.6 Å². The smallest absolute Gasteiger partial charge is 0.270 e. The maximum atomic E-state index is 13.0. The monoisotopic (exact) mass is 456 g/mol. The first kappa shape index (κ1) is 22.1. The van der Waals surface area contributed by atoms with E-state index < -0.39 is 0 Å². The number of anilines is 1. The molecule has 1 saturated heterocycles. The first-order valence-electron chi connectivity index (χ1n) is 10.5. The Morgan fingerprint density at radius 2 is 1.62 bits per heavy atom. The summed E-state index contributed by atoms with van der Waals surface area (Å²) >= 11 is 5.93. The van der Waals surface area contributed by atoms with Crippen molar-refractivity contribution in [2.24, 2.45) is 5.10 Å². The quantitative estimate of drug-likeness (QED) is 0.668. The van der Waals surface area contributed by atoms with E-state index in [4.69, 9.17) is 21.1 Å². The molecule has 8 nitrogen and oxygen atoms in total. The number of methoxy groups -OCH3 is 1. The Kier molecular flexibility index (Phi) is 6.92. The lowest BCUT2D eigenvalue weighted by atomic mass is 10.1. The zero-order valence-corrected chi connectivity index (χ0v) is 18.6. The molecule has 2 aromatic rings. The Morgan fingerprint density at radius 3 is 2.28 bits per heavy atom. The molecule has 0 aliphatic carbocycles. The van der Waals surface area contributed by atoms with Crippen molar-refractivity contribution in [1.82, 2.24) is 9.80 Å². The molecule has 168 valence electrons. The van der Waals surface area contributed by atoms with Gasteiger partial charge in [-0.2, -0.15) is 5.10 Å². The third-order valence-corrected chi connectivity index (χ3v) is 5.74. The molecule has 9 heteroatoms. The molecule has 0 N–H and O–H groups in total. The van der Waals surface area contributed by atoms with Crippen LogP contribution in [0.4, 0.5) is 5.69 Å². The van der Waals surface area contributed by atoms with Gasteiger partial charge in [0.25, 0.3) is 5.91 Å². The average Bonchev–Trinajstić information content (AvgIpc) is 2.84. The highest BCUT2D eigenvalue weighted by Crippen LogP contribution is 2.23. The van der Waals surface area contributed by atoms with E-state index in [1.165, 1.54) is 5.01 Å². The van der Waals surface area contributed by atoms with Gasteiger partial charge in [-0.15, -0.1) is 0 Å². The van der Waals surface area contributed by atoms with Crippen LogP contribution in [0.15, 0.2) is 53.6 Å². The molecular weight excluding hydrogens is 432 g/mol. The number of benzene rings is 2. The second-order valence-corrected chi connectivity index (χ2v) is 8.02. The Balaban J connectivity index is 1.31. The minimum absolute atomic E-state index is 0.118. The molecule has 0 radical (unpaired) electrons. The fraction of sp³-hybridized carbons (Fsp3) is 0.348. The number of hydrazone groups is 1. The van der Waals surface area contributed by atoms with Crippen LogP contribution in [-0.2, 0) is 9.59 Å². The van der Waals surface area contributed by atoms with Crippen LogP contribution < -0.4 is 14.5 Å². The predicted molar refractivity (Wildman–Crippen MR) is 122 cm³/mol. The Morgan fingerprint density at radius 1 is 0.969 bits per heavy atom. The van der Waals surface area contributed by atoms with Crippen LogP contribution in [0, 0.1) is 0 Å². The first-order chi connectivity index (χ1) is 15.5. The third kappa shape index (κ3) is 5.20. The highest BCUT2D eigenvalue weighted by atomic mass is 35.5. The number of nitrogens with zero attached hydrogens (tertiary/aromatic N) is 4. The second-order valence-electron chi connectivity index (χ2n) is 7.59. The molecule has 1 fully saturated rings. The molecule has 0 spiro atoms. The standard InChI is InChI=1S/C23H25ClN4O4/c1-31-19-6-8-20(9-7-19)32-16-26-12-14-27(15-13-26)23(30)21-10-11-22(29)28(25-21)18-4-2-17(24)3-5-18/h2-9H,10-16H2,1H3. The largest absolute Gasteiger partial charge is 0.497 e. The van der Waals surface area contributed by atoms with Gasteiger partial charge in [0, 0.05) is 44.0 Å². The van der Waals surface area contributed by atoms with Gasteiger partial charge in [0.2, 0.25) is 5.91 Å². The molecule has 32 heavy (non-hydrogen) atoms. The number of amides is 2. The summed E-state index contributed by atoms with van der Waals surface area (Å²) in [5.41, 5.74) is 1.01. The molecule has 4 rings (SSSR count). The van der Waals surface area contributed by atoms with E-state index in [0.717, 1.165) is 11.5 Å². The van der Waals surface area contributed by atoms with E-state index in [-0.39, 0.29) is 18.2 Å². The van der Waals surface area contributed by atoms with Gasteiger partial charge in [-0.05, 0) is 48.5 Å². The van der Waals surface area contributed by atoms with Gasteiger partial charge in [0.1, 0.15) is 23.9 Å². The van der Waals surface area contributed by atoms with Gasteiger partial charge >= 0.3 is 0 Å². The molecule has 2 aromatic carbocycles. The van der Waals surface area contributed by atoms with Gasteiger partial charge in [-0.1, -0.05) is 11.6 Å². The van der Waals surface area contributed by atoms with Crippen LogP contribution in [0.2, 0.25) is 5.02 Å². The maximum Gasteiger partial charge on any atom is 0.270 e. The van der Waals surface area contributed by atoms with E-state index in [1.54, 1.807) is 36.3 Å². The summed E-state index contributed by atoms with van der Waals surface area (Å²) in [6.07, 6.45) is 0.603. The Hall–Kier alpha value is -3.10. The number of hydrogen-bond donors (Lipinski definition) is 0. The van der Waals surface area contributed by atoms with Crippen LogP contribution in [-0.4, -0.2) is 67.3 Å². The third-order valence-electron chi connectivity index (χ3n) is 5.48. The molecule has 0 unspecified atom stereocenters. The average molecular weight is 457 g/mol. The molecule has 2 aliphatic heterocycles. The summed E-state index contributed by atoms with van der Waals surface area (Å²) in [6.45, 7) is 3.02. The molecular formula is C23H25ClN4O4. The van der Waals surface area contributed by atoms with Crippen molar-refractivity contribution in [3.05, 3.63) is 53.6 Å². The van der Waals surface area contributed by atoms with Gasteiger partial charge in [-0.3, -0.25) is 14.5 Å². The van der Waals surface area contributed by atoms with Gasteiger partial charge in [0.15, 0.2) is 0 Å². The molecule has 2 amide bonds. The Labute approximate surface area is 191 Å². The molecule has 0 saturated carbocycles. The zero-order valence-electron chi connectivity index (χ0n) is 17.9. The first-order valence-corrected chi connectivity index (χ1v) is 10.9. The number of halogens is 1. The summed E-state index contributed by atoms with van der Waals surface area (Å²) in [5, 5.41) is 6.24. The van der Waals surface area contributed by atoms with E-state index in [1.807, 2.05) is 24.3 Å². The number of piperazine rings is 1. The fourth-order valence-electron chi connectivity index (χ4n) is 3.59. The van der Waals surface area contributed by atoms with Crippen LogP contribution in [0.25, 0.3) is 0 Å². The highest BCUT2D eigenvalue weighted by molar-refractivity contribution is 6.40. The summed E-state index contributed by atoms with van der Waals surface area (Å²) in [7, 11) is 1.63. The minimum atomic E-state index is -0.135. The Bertz CT molecular complexity index is 986. The van der Waals surface area contributed by atoms with Gasteiger partial charge in [0.05, 0.1) is 12.8 Å². The van der Waals surface area contributed by atoms with Crippen molar-refractivity contribution in [3.63, 3.8) is 0 Å². The number of hydrogen-bond acceptors (Lipinski definition) is 6. The van der Waals surface area contributed by atoms with E-state index in [9.17, 15) is 9.59 Å². The molecule has 0 bridgehead atoms. The lowest BCUT2D eigenvalue weighted by Gasteiger charge is -2.35. The predicted octanol–water partition coefficient (Wildman–Crippen LogP) is 3.01. The van der Waals surface area contributed by atoms with E-state index >= 15 is 0 Å². The van der Waals surface area contributed by atoms with Crippen LogP contribution in [0.3, 0.4) is 0 Å². The SMILES string of the molecule is COc1ccc(OCN2CCN(C(=O)C3=NN(c4ccc(Cl)cc4)C(=O)CC3)CC2)cc1. The van der Waals surface area contributed by atoms with Gasteiger partial charge in [-0.25, -0.2) is 5.01 Å². The second kappa shape index (κ2) is 10.0. The number of ether oxygens (including phenoxy) is 2. The van der Waals surface area contributed by atoms with Crippen LogP contribution in [0.1, 0.15) is 12.8 Å². The van der Waals surface area contributed by atoms with Crippen LogP contribution in [0.5, 0.6) is 11.5 Å². The summed E-state index contributed by atoms with van der Waals surface area (Å²) in [4.78, 5) is 29.3. The number of rotatable bonds is 6. The summed E-state index contributed by atoms with van der Waals surface area (Å²) < 4.78 is 11.0. The van der Waals surface area contributed by atoms with Crippen molar-refractivity contribution < 1.29 is 19.1 Å².